The summed E-state index contributed by atoms with van der Waals surface area (Å²) >= 11 is 1.68. The molecule has 5 fully saturated rings. The van der Waals surface area contributed by atoms with Crippen molar-refractivity contribution in [3.05, 3.63) is 331 Å². The number of rotatable bonds is 25. The second-order valence-electron chi connectivity index (χ2n) is 39.9. The van der Waals surface area contributed by atoms with E-state index >= 15 is 0 Å². The number of ether oxygens (including phenoxy) is 6. The Bertz CT molecular complexity index is 7540. The monoisotopic (exact) mass is 1980 g/mol. The van der Waals surface area contributed by atoms with Gasteiger partial charge in [-0.15, -0.1) is 11.3 Å². The van der Waals surface area contributed by atoms with Crippen molar-refractivity contribution in [1.82, 2.24) is 34.7 Å². The van der Waals surface area contributed by atoms with Crippen molar-refractivity contribution in [1.29, 1.82) is 0 Å². The number of fused-ring (bicyclic) bond motifs is 14. The normalized spacial score (nSPS) is 20.9. The number of hydrogen-bond donors (Lipinski definition) is 1. The number of halogens is 10. The molecule has 12 atom stereocenters. The second-order valence-corrected chi connectivity index (χ2v) is 43.2. The van der Waals surface area contributed by atoms with Crippen molar-refractivity contribution in [2.75, 3.05) is 43.7 Å². The number of thiazole rings is 1. The molecule has 0 amide bonds. The minimum absolute atomic E-state index is 0.0331. The van der Waals surface area contributed by atoms with E-state index in [4.69, 9.17) is 33.4 Å². The highest BCUT2D eigenvalue weighted by molar-refractivity contribution is 7.90. The molecule has 0 spiro atoms. The maximum absolute atomic E-state index is 14.8. The molecule has 0 unspecified atom stereocenters. The van der Waals surface area contributed by atoms with E-state index in [1.807, 2.05) is 104 Å². The van der Waals surface area contributed by atoms with E-state index in [9.17, 15) is 52.3 Å². The van der Waals surface area contributed by atoms with Crippen molar-refractivity contribution >= 4 is 48.2 Å². The molecule has 15 aromatic rings. The molecule has 28 heteroatoms. The lowest BCUT2D eigenvalue weighted by Gasteiger charge is -2.23. The predicted molar refractivity (Wildman–Crippen MR) is 532 cm³/mol. The van der Waals surface area contributed by atoms with Gasteiger partial charge >= 0.3 is 12.4 Å². The standard InChI is InChI=1S/C31H25FN2OS.C30H30F4N2O2.C28H27F4NO4S.C26H24FN3O/c1-17-26-15-21-14-23(4-5-25(21)29(17)26)35-16-22-13-20(3-7-27(22)32)24-6-8-28-30(18(24)2)36-31(34-28)19-9-11-33-12-10-19;1-17-24-12-20-11-22(3-4-23(20)29(17)24)38-16-21-10-19(2-5-27(21)31)25-15-36-28(13-26(25)30(32,33)34)35-14-18-6-8-37-9-7-18;1-16-23-12-18-11-21(5-6-22(18)26(16)23)37-15-20-10-17(4-7-25(20)29)19-13-24(28(30,31)32)27(33-14-19)36-8-3-9-38(2,34)35;1-14-8-22(26-24(29-14)12-28-30(26)3)16-4-7-23(27)18(9-16)13-31-19-5-6-20-17(10-19)11-21-15(2)25(20)21/h3-14,17,26,29H,15-16H2,1-2H3;2-5,10-11,13,15,17-18,24,29H,6-9,12,14,16H2,1H3,(H,35,36);4-7,10-11,13-14,16,23,26H,3,8-9,12,15H2,1-2H3;4-10,12,15,21,25H,11,13H2,1-3H3/t17-,26-,29-;17-,24-,29-;16-,23-,26-;15-,21-,25-/m0000/s1. The molecule has 0 radical (unpaired) electrons. The Morgan fingerprint density at radius 1 is 0.462 bits per heavy atom. The molecule has 1 aliphatic heterocycles. The molecule has 143 heavy (non-hydrogen) atoms. The molecule has 7 heterocycles. The van der Waals surface area contributed by atoms with E-state index in [-0.39, 0.29) is 90.5 Å². The fourth-order valence-corrected chi connectivity index (χ4v) is 24.2. The molecule has 4 saturated carbocycles. The number of benzene rings is 9. The second kappa shape index (κ2) is 38.9. The highest BCUT2D eigenvalue weighted by atomic mass is 32.2. The topological polar surface area (TPSA) is 184 Å². The molecule has 1 saturated heterocycles. The van der Waals surface area contributed by atoms with Gasteiger partial charge in [0.1, 0.15) is 104 Å². The van der Waals surface area contributed by atoms with Gasteiger partial charge in [-0.3, -0.25) is 9.67 Å². The first-order chi connectivity index (χ1) is 68.7. The van der Waals surface area contributed by atoms with Crippen LogP contribution in [0, 0.1) is 90.4 Å². The van der Waals surface area contributed by atoms with Gasteiger partial charge in [0.25, 0.3) is 0 Å². The van der Waals surface area contributed by atoms with Crippen LogP contribution in [0.2, 0.25) is 0 Å². The lowest BCUT2D eigenvalue weighted by atomic mass is 9.98. The third-order valence-corrected chi connectivity index (χ3v) is 33.0. The Hall–Kier alpha value is -13.1. The number of anilines is 1. The van der Waals surface area contributed by atoms with Crippen molar-refractivity contribution in [2.45, 2.75) is 149 Å². The smallest absolute Gasteiger partial charge is 0.421 e. The number of hydrogen-bond acceptors (Lipinski definition) is 16. The Balaban J connectivity index is 0.000000113. The van der Waals surface area contributed by atoms with Gasteiger partial charge in [-0.25, -0.2) is 45.9 Å². The SMILES string of the molecule is C[C@H]1[C@@H]2Cc3cc(OCc4cc(-c5cnc(NCC6CCOCC6)cc5C(F)(F)F)ccc4F)ccc3[C@H]12.C[C@H]1[C@@H]2Cc3cc(OCc4cc(-c5cnc(OCCCS(C)(=O)=O)c(C(F)(F)F)c5)ccc4F)ccc3[C@H]12.Cc1c(-c2ccc(F)c(COc3ccc4c(c3)C[C@H]3[C@H](C)[C@@H]43)c2)ccc2nc(-c3ccncc3)sc12.Cc1cc(-c2ccc(F)c(COc3ccc4c(c3)C[C@H]3[C@H](C)[C@@H]43)c2)c2c(cnn2C)n1. The van der Waals surface area contributed by atoms with Crippen molar-refractivity contribution in [3.8, 4) is 84.0 Å². The van der Waals surface area contributed by atoms with Crippen LogP contribution in [-0.2, 0) is 86.1 Å². The lowest BCUT2D eigenvalue weighted by Crippen LogP contribution is -2.23. The summed E-state index contributed by atoms with van der Waals surface area (Å²) in [4.78, 5) is 21.6. The number of nitrogens with one attached hydrogen (secondary N) is 1. The first-order valence-electron chi connectivity index (χ1n) is 48.8. The van der Waals surface area contributed by atoms with Gasteiger partial charge in [0.05, 0.1) is 39.9 Å². The number of aryl methyl sites for hydroxylation is 3. The van der Waals surface area contributed by atoms with E-state index in [0.29, 0.717) is 77.5 Å². The molecule has 0 bridgehead atoms. The first-order valence-corrected chi connectivity index (χ1v) is 51.7. The molecule has 736 valence electrons. The van der Waals surface area contributed by atoms with Crippen LogP contribution in [0.25, 0.3) is 76.3 Å². The van der Waals surface area contributed by atoms with Crippen LogP contribution in [0.3, 0.4) is 0 Å². The Labute approximate surface area is 827 Å². The summed E-state index contributed by atoms with van der Waals surface area (Å²) < 4.78 is 202. The quantitative estimate of drug-likeness (QED) is 0.0421. The largest absolute Gasteiger partial charge is 0.489 e. The number of aromatic nitrogens is 7. The molecule has 1 N–H and O–H groups in total. The van der Waals surface area contributed by atoms with Crippen LogP contribution < -0.4 is 29.0 Å². The van der Waals surface area contributed by atoms with Crippen LogP contribution in [0.1, 0.15) is 160 Å². The van der Waals surface area contributed by atoms with Crippen LogP contribution >= 0.6 is 11.3 Å². The van der Waals surface area contributed by atoms with Crippen molar-refractivity contribution in [2.24, 2.45) is 60.3 Å². The minimum atomic E-state index is -4.76. The molecule has 8 aliphatic carbocycles. The number of alkyl halides is 6. The van der Waals surface area contributed by atoms with E-state index < -0.39 is 50.8 Å². The maximum Gasteiger partial charge on any atom is 0.421 e. The van der Waals surface area contributed by atoms with E-state index in [2.05, 4.69) is 107 Å². The van der Waals surface area contributed by atoms with Gasteiger partial charge in [0.15, 0.2) is 0 Å². The van der Waals surface area contributed by atoms with Crippen molar-refractivity contribution in [3.63, 3.8) is 0 Å². The Kier molecular flexibility index (Phi) is 26.1. The number of sulfone groups is 1. The average Bonchev–Trinajstić information content (AvgIpc) is 1.57. The van der Waals surface area contributed by atoms with Gasteiger partial charge in [-0.2, -0.15) is 31.4 Å². The summed E-state index contributed by atoms with van der Waals surface area (Å²) in [7, 11) is -1.36. The predicted octanol–water partition coefficient (Wildman–Crippen LogP) is 27.0. The Morgan fingerprint density at radius 3 is 1.38 bits per heavy atom. The summed E-state index contributed by atoms with van der Waals surface area (Å²) in [5, 5.41) is 8.35. The zero-order chi connectivity index (χ0) is 99.3. The van der Waals surface area contributed by atoms with Gasteiger partial charge in [0, 0.05) is 108 Å². The molecular formula is C115H106F10N8O8S2. The van der Waals surface area contributed by atoms with E-state index in [0.717, 1.165) is 181 Å². The lowest BCUT2D eigenvalue weighted by molar-refractivity contribution is -0.139. The van der Waals surface area contributed by atoms with E-state index in [1.54, 1.807) is 36.0 Å². The van der Waals surface area contributed by atoms with Crippen LogP contribution in [0.4, 0.5) is 49.7 Å². The first kappa shape index (κ1) is 96.1. The minimum Gasteiger partial charge on any atom is -0.489 e. The fraction of sp³-hybridized carbons (Fsp3) is 0.339. The van der Waals surface area contributed by atoms with Crippen LogP contribution in [-0.4, -0.2) is 81.5 Å². The fourth-order valence-electron chi connectivity index (χ4n) is 22.5. The van der Waals surface area contributed by atoms with Gasteiger partial charge in [-0.05, 0) is 347 Å². The third kappa shape index (κ3) is 20.3. The van der Waals surface area contributed by atoms with E-state index in [1.165, 1.54) is 99.4 Å². The number of nitrogens with zero attached hydrogens (tertiary/aromatic N) is 7. The number of pyridine rings is 4. The van der Waals surface area contributed by atoms with Crippen molar-refractivity contribution < 1.29 is 80.7 Å². The molecule has 16 nitrogen and oxygen atoms in total. The summed E-state index contributed by atoms with van der Waals surface area (Å²) in [6.07, 6.45) is 5.55. The summed E-state index contributed by atoms with van der Waals surface area (Å²) in [6, 6.07) is 55.2. The maximum atomic E-state index is 14.8. The zero-order valence-electron chi connectivity index (χ0n) is 80.1. The Morgan fingerprint density at radius 2 is 0.916 bits per heavy atom. The summed E-state index contributed by atoms with van der Waals surface area (Å²) in [5.41, 5.74) is 21.1. The molecule has 24 rings (SSSR count). The van der Waals surface area contributed by atoms with Gasteiger partial charge in [-0.1, -0.05) is 82.3 Å². The van der Waals surface area contributed by atoms with Crippen LogP contribution in [0.15, 0.2) is 219 Å². The average molecular weight is 1980 g/mol. The van der Waals surface area contributed by atoms with Crippen LogP contribution in [0.5, 0.6) is 28.9 Å². The third-order valence-electron chi connectivity index (χ3n) is 30.7. The molecule has 9 aromatic carbocycles. The zero-order valence-corrected chi connectivity index (χ0v) is 81.7. The summed E-state index contributed by atoms with van der Waals surface area (Å²) in [6.45, 7) is 15.1. The van der Waals surface area contributed by atoms with Gasteiger partial charge < -0.3 is 33.7 Å². The molecule has 6 aromatic heterocycles. The highest BCUT2D eigenvalue weighted by Crippen LogP contribution is 2.65. The van der Waals surface area contributed by atoms with Gasteiger partial charge in [0.2, 0.25) is 5.88 Å². The molecular weight excluding hydrogens is 1880 g/mol. The summed E-state index contributed by atoms with van der Waals surface area (Å²) in [5.74, 6) is 9.88. The highest BCUT2D eigenvalue weighted by Gasteiger charge is 2.56. The molecule has 9 aliphatic rings.